The summed E-state index contributed by atoms with van der Waals surface area (Å²) < 4.78 is 5.62. The van der Waals surface area contributed by atoms with Crippen LogP contribution in [0.2, 0.25) is 0 Å². The summed E-state index contributed by atoms with van der Waals surface area (Å²) >= 11 is 0. The molecule has 4 rings (SSSR count). The third kappa shape index (κ3) is 2.22. The molecule has 0 spiro atoms. The molecule has 0 saturated heterocycles. The van der Waals surface area contributed by atoms with Gasteiger partial charge in [0.05, 0.1) is 0 Å². The number of aromatic hydroxyl groups is 2. The summed E-state index contributed by atoms with van der Waals surface area (Å²) in [6.07, 6.45) is 1.86. The number of hydrogen-bond acceptors (Lipinski definition) is 4. The van der Waals surface area contributed by atoms with Gasteiger partial charge in [-0.15, -0.1) is 0 Å². The van der Waals surface area contributed by atoms with Crippen LogP contribution in [0.3, 0.4) is 0 Å². The van der Waals surface area contributed by atoms with Gasteiger partial charge in [-0.25, -0.2) is 0 Å². The van der Waals surface area contributed by atoms with Crippen LogP contribution in [0.15, 0.2) is 54.6 Å². The fourth-order valence-corrected chi connectivity index (χ4v) is 2.87. The van der Waals surface area contributed by atoms with Gasteiger partial charge in [0.25, 0.3) is 0 Å². The van der Waals surface area contributed by atoms with E-state index < -0.39 is 7.12 Å². The van der Waals surface area contributed by atoms with E-state index in [-0.39, 0.29) is 11.5 Å². The van der Waals surface area contributed by atoms with Crippen molar-refractivity contribution in [1.82, 2.24) is 0 Å². The highest BCUT2D eigenvalue weighted by atomic mass is 16.5. The van der Waals surface area contributed by atoms with Crippen LogP contribution in [0.5, 0.6) is 17.2 Å². The van der Waals surface area contributed by atoms with Gasteiger partial charge in [0, 0.05) is 11.0 Å². The van der Waals surface area contributed by atoms with Gasteiger partial charge >= 0.3 is 7.12 Å². The molecule has 1 aliphatic rings. The first-order chi connectivity index (χ1) is 11.1. The molecule has 0 bridgehead atoms. The Bertz CT molecular complexity index is 949. The zero-order chi connectivity index (χ0) is 16.0. The minimum atomic E-state index is -1.13. The quantitative estimate of drug-likeness (QED) is 0.477. The lowest BCUT2D eigenvalue weighted by molar-refractivity contribution is 0.403. The van der Waals surface area contributed by atoms with Gasteiger partial charge in [-0.3, -0.25) is 0 Å². The number of hydrogen-bond donors (Lipinski definition) is 3. The van der Waals surface area contributed by atoms with E-state index in [1.165, 1.54) is 12.1 Å². The standard InChI is InChI=1S/C18H13BO4/c20-16-7-5-12(9-17(16)21)15-10-14-13-4-2-1-3-11(13)6-8-18(14)23-19(15)22/h1-10,20-22H. The van der Waals surface area contributed by atoms with Gasteiger partial charge in [0.15, 0.2) is 11.5 Å². The normalized spacial score (nSPS) is 13.4. The summed E-state index contributed by atoms with van der Waals surface area (Å²) in [7, 11) is -1.13. The highest BCUT2D eigenvalue weighted by Crippen LogP contribution is 2.38. The lowest BCUT2D eigenvalue weighted by atomic mass is 9.71. The van der Waals surface area contributed by atoms with Crippen molar-refractivity contribution in [2.24, 2.45) is 0 Å². The predicted molar refractivity (Wildman–Crippen MR) is 90.2 cm³/mol. The van der Waals surface area contributed by atoms with Gasteiger partial charge < -0.3 is 19.9 Å². The van der Waals surface area contributed by atoms with Crippen LogP contribution < -0.4 is 4.65 Å². The van der Waals surface area contributed by atoms with Gasteiger partial charge in [-0.2, -0.15) is 0 Å². The van der Waals surface area contributed by atoms with E-state index in [2.05, 4.69) is 0 Å². The molecule has 23 heavy (non-hydrogen) atoms. The van der Waals surface area contributed by atoms with Gasteiger partial charge in [0.1, 0.15) is 5.75 Å². The number of benzene rings is 3. The maximum atomic E-state index is 10.3. The molecule has 0 unspecified atom stereocenters. The minimum absolute atomic E-state index is 0.202. The first-order valence-electron chi connectivity index (χ1n) is 7.24. The van der Waals surface area contributed by atoms with Crippen molar-refractivity contribution in [2.75, 3.05) is 0 Å². The number of phenolic OH excluding ortho intramolecular Hbond substituents is 2. The molecule has 0 atom stereocenters. The van der Waals surface area contributed by atoms with Crippen LogP contribution in [0.1, 0.15) is 11.1 Å². The molecule has 5 heteroatoms. The molecule has 0 amide bonds. The van der Waals surface area contributed by atoms with E-state index in [0.29, 0.717) is 16.8 Å². The summed E-state index contributed by atoms with van der Waals surface area (Å²) in [5.74, 6) is 0.175. The second kappa shape index (κ2) is 5.07. The van der Waals surface area contributed by atoms with Crippen molar-refractivity contribution in [1.29, 1.82) is 0 Å². The molecule has 1 heterocycles. The van der Waals surface area contributed by atoms with Crippen LogP contribution >= 0.6 is 0 Å². The van der Waals surface area contributed by atoms with Crippen molar-refractivity contribution in [3.63, 3.8) is 0 Å². The summed E-state index contributed by atoms with van der Waals surface area (Å²) in [5.41, 5.74) is 2.01. The summed E-state index contributed by atoms with van der Waals surface area (Å²) in [6, 6.07) is 16.1. The molecule has 0 radical (unpaired) electrons. The highest BCUT2D eigenvalue weighted by molar-refractivity contribution is 6.70. The summed E-state index contributed by atoms with van der Waals surface area (Å²) in [5, 5.41) is 31.5. The van der Waals surface area contributed by atoms with Crippen molar-refractivity contribution in [3.05, 3.63) is 65.7 Å². The van der Waals surface area contributed by atoms with Gasteiger partial charge in [-0.1, -0.05) is 36.4 Å². The van der Waals surface area contributed by atoms with Crippen LogP contribution in [-0.2, 0) is 0 Å². The lowest BCUT2D eigenvalue weighted by Crippen LogP contribution is -2.27. The molecular formula is C18H13BO4. The van der Waals surface area contributed by atoms with E-state index in [9.17, 15) is 15.2 Å². The Kier molecular flexibility index (Phi) is 3.03. The van der Waals surface area contributed by atoms with Crippen molar-refractivity contribution < 1.29 is 19.9 Å². The fourth-order valence-electron chi connectivity index (χ4n) is 2.87. The molecule has 3 N–H and O–H groups in total. The van der Waals surface area contributed by atoms with E-state index in [1.807, 2.05) is 42.5 Å². The van der Waals surface area contributed by atoms with Crippen molar-refractivity contribution >= 4 is 29.4 Å². The molecule has 0 fully saturated rings. The predicted octanol–water partition coefficient (Wildman–Crippen LogP) is 3.20. The van der Waals surface area contributed by atoms with E-state index in [0.717, 1.165) is 16.3 Å². The average molecular weight is 304 g/mol. The smallest absolute Gasteiger partial charge is 0.532 e. The second-order valence-electron chi connectivity index (χ2n) is 5.47. The Morgan fingerprint density at radius 1 is 0.870 bits per heavy atom. The van der Waals surface area contributed by atoms with Crippen LogP contribution in [0, 0.1) is 0 Å². The van der Waals surface area contributed by atoms with Crippen LogP contribution in [-0.4, -0.2) is 22.4 Å². The fraction of sp³-hybridized carbons (Fsp3) is 0. The molecule has 1 aliphatic heterocycles. The lowest BCUT2D eigenvalue weighted by Gasteiger charge is -2.22. The summed E-state index contributed by atoms with van der Waals surface area (Å²) in [4.78, 5) is 0. The second-order valence-corrected chi connectivity index (χ2v) is 5.47. The van der Waals surface area contributed by atoms with Crippen LogP contribution in [0.4, 0.5) is 0 Å². The van der Waals surface area contributed by atoms with Gasteiger partial charge in [-0.05, 0) is 40.6 Å². The number of rotatable bonds is 1. The van der Waals surface area contributed by atoms with Crippen LogP contribution in [0.25, 0.3) is 22.3 Å². The monoisotopic (exact) mass is 304 g/mol. The summed E-state index contributed by atoms with van der Waals surface area (Å²) in [6.45, 7) is 0. The minimum Gasteiger partial charge on any atom is -0.532 e. The average Bonchev–Trinajstić information content (AvgIpc) is 2.56. The first-order valence-corrected chi connectivity index (χ1v) is 7.24. The first kappa shape index (κ1) is 13.7. The van der Waals surface area contributed by atoms with Crippen molar-refractivity contribution in [3.8, 4) is 17.2 Å². The highest BCUT2D eigenvalue weighted by Gasteiger charge is 2.29. The Morgan fingerprint density at radius 3 is 2.52 bits per heavy atom. The molecule has 0 aliphatic carbocycles. The largest absolute Gasteiger partial charge is 0.560 e. The number of phenols is 2. The topological polar surface area (TPSA) is 69.9 Å². The number of fused-ring (bicyclic) bond motifs is 3. The molecule has 4 nitrogen and oxygen atoms in total. The Balaban J connectivity index is 1.93. The molecule has 3 aromatic rings. The zero-order valence-electron chi connectivity index (χ0n) is 12.1. The Morgan fingerprint density at radius 2 is 1.70 bits per heavy atom. The molecule has 0 saturated carbocycles. The van der Waals surface area contributed by atoms with E-state index in [4.69, 9.17) is 4.65 Å². The Labute approximate surface area is 133 Å². The van der Waals surface area contributed by atoms with E-state index in [1.54, 1.807) is 6.07 Å². The van der Waals surface area contributed by atoms with Gasteiger partial charge in [0.2, 0.25) is 0 Å². The SMILES string of the molecule is OB1Oc2ccc3ccccc3c2C=C1c1ccc(O)c(O)c1. The molecule has 112 valence electrons. The zero-order valence-corrected chi connectivity index (χ0v) is 12.1. The maximum Gasteiger partial charge on any atom is 0.560 e. The Hall–Kier alpha value is -2.92. The maximum absolute atomic E-state index is 10.3. The van der Waals surface area contributed by atoms with Crippen molar-refractivity contribution in [2.45, 2.75) is 0 Å². The molecule has 0 aromatic heterocycles. The van der Waals surface area contributed by atoms with E-state index >= 15 is 0 Å². The third-order valence-corrected chi connectivity index (χ3v) is 4.04. The molecule has 3 aromatic carbocycles. The molecular weight excluding hydrogens is 291 g/mol. The third-order valence-electron chi connectivity index (χ3n) is 4.04.